The van der Waals surface area contributed by atoms with Gasteiger partial charge in [-0.3, -0.25) is 0 Å². The Bertz CT molecular complexity index is 2220. The number of fused-ring (bicyclic) bond motifs is 4. The van der Waals surface area contributed by atoms with Crippen LogP contribution >= 0.6 is 0 Å². The van der Waals surface area contributed by atoms with Crippen LogP contribution in [0.5, 0.6) is 0 Å². The lowest BCUT2D eigenvalue weighted by Crippen LogP contribution is -1.96. The topological polar surface area (TPSA) is 25.8 Å². The molecular formula is C40H26N2. The van der Waals surface area contributed by atoms with E-state index in [9.17, 15) is 0 Å². The van der Waals surface area contributed by atoms with Gasteiger partial charge in [-0.1, -0.05) is 146 Å². The Labute approximate surface area is 244 Å². The first-order valence-electron chi connectivity index (χ1n) is 14.3. The number of aromatic nitrogens is 2. The van der Waals surface area contributed by atoms with Gasteiger partial charge in [-0.05, 0) is 45.2 Å². The molecule has 2 nitrogen and oxygen atoms in total. The first kappa shape index (κ1) is 24.2. The van der Waals surface area contributed by atoms with Crippen LogP contribution in [0.3, 0.4) is 0 Å². The molecule has 0 aliphatic carbocycles. The summed E-state index contributed by atoms with van der Waals surface area (Å²) in [7, 11) is 0. The van der Waals surface area contributed by atoms with Crippen LogP contribution in [0.2, 0.25) is 0 Å². The summed E-state index contributed by atoms with van der Waals surface area (Å²) in [5, 5.41) is 4.57. The largest absolute Gasteiger partial charge is 0.245 e. The number of hydrogen-bond acceptors (Lipinski definition) is 2. The summed E-state index contributed by atoms with van der Waals surface area (Å²) in [6.07, 6.45) is 0. The molecule has 42 heavy (non-hydrogen) atoms. The third-order valence-corrected chi connectivity index (χ3v) is 8.06. The molecule has 2 aromatic heterocycles. The third-order valence-electron chi connectivity index (χ3n) is 8.06. The maximum atomic E-state index is 5.42. The van der Waals surface area contributed by atoms with Crippen molar-refractivity contribution in [3.63, 3.8) is 0 Å². The molecule has 8 aromatic rings. The average molecular weight is 535 g/mol. The van der Waals surface area contributed by atoms with Gasteiger partial charge in [0.15, 0.2) is 0 Å². The lowest BCUT2D eigenvalue weighted by atomic mass is 9.93. The standard InChI is InChI=1S/C40H26N2/c1-4-13-28(14-5-1)35-25-37(30-18-8-3-9-19-30)41-39-33(35)23-24-34-36(29-15-6-2-7-16-29)26-38(42-40(34)39)32-22-12-20-27-17-10-11-21-31(27)32/h1-26H. The van der Waals surface area contributed by atoms with E-state index in [1.54, 1.807) is 0 Å². The lowest BCUT2D eigenvalue weighted by Gasteiger charge is -2.16. The lowest BCUT2D eigenvalue weighted by molar-refractivity contribution is 1.37. The Morgan fingerprint density at radius 3 is 1.40 bits per heavy atom. The Balaban J connectivity index is 1.52. The molecule has 2 heteroatoms. The molecular weight excluding hydrogens is 508 g/mol. The first-order chi connectivity index (χ1) is 20.8. The van der Waals surface area contributed by atoms with Crippen LogP contribution in [0.1, 0.15) is 0 Å². The fraction of sp³-hybridized carbons (Fsp3) is 0. The molecule has 6 aromatic carbocycles. The van der Waals surface area contributed by atoms with Crippen LogP contribution in [0, 0.1) is 0 Å². The second-order valence-electron chi connectivity index (χ2n) is 10.6. The molecule has 0 spiro atoms. The van der Waals surface area contributed by atoms with Gasteiger partial charge in [-0.15, -0.1) is 0 Å². The number of benzene rings is 6. The van der Waals surface area contributed by atoms with Crippen molar-refractivity contribution in [1.29, 1.82) is 0 Å². The minimum absolute atomic E-state index is 0.909. The van der Waals surface area contributed by atoms with E-state index in [1.165, 1.54) is 10.8 Å². The molecule has 196 valence electrons. The zero-order valence-corrected chi connectivity index (χ0v) is 22.9. The monoisotopic (exact) mass is 534 g/mol. The Kier molecular flexibility index (Phi) is 5.82. The highest BCUT2D eigenvalue weighted by Crippen LogP contribution is 2.40. The molecule has 2 heterocycles. The zero-order valence-electron chi connectivity index (χ0n) is 22.9. The van der Waals surface area contributed by atoms with Crippen LogP contribution in [-0.4, -0.2) is 9.97 Å². The molecule has 0 unspecified atom stereocenters. The van der Waals surface area contributed by atoms with E-state index in [0.717, 1.165) is 66.6 Å². The smallest absolute Gasteiger partial charge is 0.0978 e. The van der Waals surface area contributed by atoms with Crippen molar-refractivity contribution in [3.05, 3.63) is 158 Å². The zero-order chi connectivity index (χ0) is 27.9. The minimum atomic E-state index is 0.909. The summed E-state index contributed by atoms with van der Waals surface area (Å²) in [4.78, 5) is 10.7. The molecule has 0 saturated carbocycles. The van der Waals surface area contributed by atoms with Gasteiger partial charge in [0.25, 0.3) is 0 Å². The van der Waals surface area contributed by atoms with Crippen molar-refractivity contribution >= 4 is 32.6 Å². The minimum Gasteiger partial charge on any atom is -0.245 e. The maximum absolute atomic E-state index is 5.42. The van der Waals surface area contributed by atoms with Crippen molar-refractivity contribution in [2.24, 2.45) is 0 Å². The summed E-state index contributed by atoms with van der Waals surface area (Å²) in [6, 6.07) is 55.5. The summed E-state index contributed by atoms with van der Waals surface area (Å²) in [5.41, 5.74) is 10.5. The number of nitrogens with zero attached hydrogens (tertiary/aromatic N) is 2. The van der Waals surface area contributed by atoms with Crippen molar-refractivity contribution in [3.8, 4) is 44.8 Å². The van der Waals surface area contributed by atoms with Crippen LogP contribution in [0.4, 0.5) is 0 Å². The van der Waals surface area contributed by atoms with E-state index in [2.05, 4.69) is 152 Å². The van der Waals surface area contributed by atoms with Crippen LogP contribution in [0.15, 0.2) is 158 Å². The highest BCUT2D eigenvalue weighted by atomic mass is 14.8. The van der Waals surface area contributed by atoms with E-state index in [1.807, 2.05) is 6.07 Å². The molecule has 0 fully saturated rings. The van der Waals surface area contributed by atoms with Crippen molar-refractivity contribution in [2.75, 3.05) is 0 Å². The normalized spacial score (nSPS) is 11.3. The van der Waals surface area contributed by atoms with E-state index in [0.29, 0.717) is 0 Å². The second-order valence-corrected chi connectivity index (χ2v) is 10.6. The van der Waals surface area contributed by atoms with E-state index < -0.39 is 0 Å². The van der Waals surface area contributed by atoms with Crippen molar-refractivity contribution in [2.45, 2.75) is 0 Å². The van der Waals surface area contributed by atoms with Gasteiger partial charge in [0.1, 0.15) is 0 Å². The first-order valence-corrected chi connectivity index (χ1v) is 14.3. The second kappa shape index (κ2) is 10.1. The Hall–Kier alpha value is -5.60. The summed E-state index contributed by atoms with van der Waals surface area (Å²) in [5.74, 6) is 0. The maximum Gasteiger partial charge on any atom is 0.0978 e. The van der Waals surface area contributed by atoms with E-state index >= 15 is 0 Å². The van der Waals surface area contributed by atoms with Crippen LogP contribution in [-0.2, 0) is 0 Å². The molecule has 0 amide bonds. The summed E-state index contributed by atoms with van der Waals surface area (Å²) < 4.78 is 0. The molecule has 0 saturated heterocycles. The van der Waals surface area contributed by atoms with Gasteiger partial charge in [-0.25, -0.2) is 9.97 Å². The van der Waals surface area contributed by atoms with Gasteiger partial charge in [0.2, 0.25) is 0 Å². The van der Waals surface area contributed by atoms with Crippen LogP contribution in [0.25, 0.3) is 77.3 Å². The molecule has 0 aliphatic rings. The Morgan fingerprint density at radius 2 is 0.786 bits per heavy atom. The molecule has 0 radical (unpaired) electrons. The van der Waals surface area contributed by atoms with Gasteiger partial charge >= 0.3 is 0 Å². The highest BCUT2D eigenvalue weighted by Gasteiger charge is 2.17. The number of rotatable bonds is 4. The number of hydrogen-bond donors (Lipinski definition) is 0. The predicted molar refractivity (Wildman–Crippen MR) is 176 cm³/mol. The Morgan fingerprint density at radius 1 is 0.310 bits per heavy atom. The van der Waals surface area contributed by atoms with Gasteiger partial charge in [-0.2, -0.15) is 0 Å². The SMILES string of the molecule is c1ccc(-c2cc(-c3ccccc3)c3ccc4c(-c5ccccc5)cc(-c5cccc6ccccc56)nc4c3n2)cc1. The van der Waals surface area contributed by atoms with E-state index in [-0.39, 0.29) is 0 Å². The van der Waals surface area contributed by atoms with Gasteiger partial charge in [0, 0.05) is 21.9 Å². The molecule has 0 atom stereocenters. The fourth-order valence-corrected chi connectivity index (χ4v) is 6.03. The quantitative estimate of drug-likeness (QED) is 0.210. The van der Waals surface area contributed by atoms with Crippen LogP contribution < -0.4 is 0 Å². The van der Waals surface area contributed by atoms with Crippen molar-refractivity contribution < 1.29 is 0 Å². The van der Waals surface area contributed by atoms with Gasteiger partial charge in [0.05, 0.1) is 22.4 Å². The fourth-order valence-electron chi connectivity index (χ4n) is 6.03. The van der Waals surface area contributed by atoms with E-state index in [4.69, 9.17) is 9.97 Å². The number of pyridine rings is 2. The van der Waals surface area contributed by atoms with Crippen molar-refractivity contribution in [1.82, 2.24) is 9.97 Å². The molecule has 0 N–H and O–H groups in total. The summed E-state index contributed by atoms with van der Waals surface area (Å²) in [6.45, 7) is 0. The molecule has 0 bridgehead atoms. The van der Waals surface area contributed by atoms with Gasteiger partial charge < -0.3 is 0 Å². The average Bonchev–Trinajstić information content (AvgIpc) is 3.08. The molecule has 0 aliphatic heterocycles. The molecule has 8 rings (SSSR count). The highest BCUT2D eigenvalue weighted by molar-refractivity contribution is 6.13. The third kappa shape index (κ3) is 4.13. The summed E-state index contributed by atoms with van der Waals surface area (Å²) >= 11 is 0. The predicted octanol–water partition coefficient (Wildman–Crippen LogP) is 10.6.